The summed E-state index contributed by atoms with van der Waals surface area (Å²) in [5, 5.41) is 2.38. The predicted molar refractivity (Wildman–Crippen MR) is 172 cm³/mol. The Morgan fingerprint density at radius 2 is 1.53 bits per heavy atom. The van der Waals surface area contributed by atoms with Gasteiger partial charge in [0.1, 0.15) is 11.9 Å². The Labute approximate surface area is 299 Å². The Balaban J connectivity index is 1.78. The number of cyclic esters (lactones) is 1. The van der Waals surface area contributed by atoms with E-state index in [0.717, 1.165) is 17.9 Å². The first-order chi connectivity index (χ1) is 24.1. The highest BCUT2D eigenvalue weighted by molar-refractivity contribution is 5.87. The van der Waals surface area contributed by atoms with Crippen LogP contribution in [0, 0.1) is 5.41 Å². The standard InChI is InChI=1S/C36H39F9N2O6/c1-18-29(20-10-23(34(37,38)39)13-24(11-20)35(40,41)42)52-31(50)47(18)17-22-15-32(3,4)9-8-25(22)26-12-21(27(36(43,44)45)14-28(26)51-7)16-46-30(49)33(5,6)53-19(2)48/h10-14,18,29H,8-9,15-17H2,1-7H3,(H,46,49)/t18-,29-/m0/s1. The molecule has 8 nitrogen and oxygen atoms in total. The van der Waals surface area contributed by atoms with E-state index in [1.165, 1.54) is 33.9 Å². The van der Waals surface area contributed by atoms with Gasteiger partial charge in [0.25, 0.3) is 5.91 Å². The number of ether oxygens (including phenoxy) is 3. The maximum absolute atomic E-state index is 14.3. The zero-order valence-corrected chi connectivity index (χ0v) is 29.9. The minimum Gasteiger partial charge on any atom is -0.496 e. The Kier molecular flexibility index (Phi) is 11.2. The first-order valence-corrected chi connectivity index (χ1v) is 16.4. The Hall–Kier alpha value is -4.44. The molecule has 0 unspecified atom stereocenters. The van der Waals surface area contributed by atoms with Crippen molar-refractivity contribution in [1.82, 2.24) is 10.2 Å². The fourth-order valence-electron chi connectivity index (χ4n) is 6.63. The van der Waals surface area contributed by atoms with Crippen LogP contribution < -0.4 is 10.1 Å². The molecule has 292 valence electrons. The number of esters is 1. The first kappa shape index (κ1) is 41.3. The fraction of sp³-hybridized carbons (Fsp3) is 0.528. The number of hydrogen-bond acceptors (Lipinski definition) is 6. The molecule has 2 aromatic rings. The van der Waals surface area contributed by atoms with Gasteiger partial charge in [-0.3, -0.25) is 14.5 Å². The number of carbonyl (C=O) groups is 3. The van der Waals surface area contributed by atoms with Crippen molar-refractivity contribution >= 4 is 23.5 Å². The van der Waals surface area contributed by atoms with Gasteiger partial charge >= 0.3 is 30.6 Å². The van der Waals surface area contributed by atoms with Crippen LogP contribution in [0.2, 0.25) is 0 Å². The highest BCUT2D eigenvalue weighted by atomic mass is 19.4. The highest BCUT2D eigenvalue weighted by Crippen LogP contribution is 2.48. The van der Waals surface area contributed by atoms with E-state index in [1.807, 2.05) is 13.8 Å². The molecule has 2 atom stereocenters. The van der Waals surface area contributed by atoms with Crippen LogP contribution in [-0.2, 0) is 44.1 Å². The van der Waals surface area contributed by atoms with Crippen molar-refractivity contribution in [3.8, 4) is 5.75 Å². The summed E-state index contributed by atoms with van der Waals surface area (Å²) >= 11 is 0. The minimum atomic E-state index is -5.13. The Morgan fingerprint density at radius 3 is 2.04 bits per heavy atom. The summed E-state index contributed by atoms with van der Waals surface area (Å²) in [7, 11) is 1.17. The van der Waals surface area contributed by atoms with Crippen molar-refractivity contribution in [3.05, 3.63) is 69.3 Å². The van der Waals surface area contributed by atoms with Crippen molar-refractivity contribution in [1.29, 1.82) is 0 Å². The molecule has 1 fully saturated rings. The molecular weight excluding hydrogens is 727 g/mol. The molecular formula is C36H39F9N2O6. The number of hydrogen-bond donors (Lipinski definition) is 1. The maximum Gasteiger partial charge on any atom is 0.416 e. The van der Waals surface area contributed by atoms with Crippen molar-refractivity contribution in [3.63, 3.8) is 0 Å². The van der Waals surface area contributed by atoms with E-state index in [-0.39, 0.29) is 34.9 Å². The predicted octanol–water partition coefficient (Wildman–Crippen LogP) is 9.26. The number of rotatable bonds is 9. The number of alkyl halides is 9. The molecule has 2 amide bonds. The minimum absolute atomic E-state index is 0.0260. The van der Waals surface area contributed by atoms with Gasteiger partial charge in [-0.15, -0.1) is 0 Å². The van der Waals surface area contributed by atoms with Gasteiger partial charge in [0.15, 0.2) is 5.60 Å². The normalized spacial score (nSPS) is 19.6. The van der Waals surface area contributed by atoms with Gasteiger partial charge in [-0.05, 0) is 98.1 Å². The zero-order valence-electron chi connectivity index (χ0n) is 29.9. The van der Waals surface area contributed by atoms with E-state index in [1.54, 1.807) is 0 Å². The quantitative estimate of drug-likeness (QED) is 0.202. The summed E-state index contributed by atoms with van der Waals surface area (Å²) in [5.74, 6) is -1.81. The van der Waals surface area contributed by atoms with Crippen molar-refractivity contribution in [2.24, 2.45) is 5.41 Å². The first-order valence-electron chi connectivity index (χ1n) is 16.4. The topological polar surface area (TPSA) is 94.2 Å². The summed E-state index contributed by atoms with van der Waals surface area (Å²) in [5.41, 5.74) is -5.92. The average molecular weight is 767 g/mol. The second kappa shape index (κ2) is 14.4. The van der Waals surface area contributed by atoms with Gasteiger partial charge in [-0.25, -0.2) is 4.79 Å². The molecule has 1 aliphatic heterocycles. The van der Waals surface area contributed by atoms with Crippen LogP contribution in [0.4, 0.5) is 44.3 Å². The molecule has 1 heterocycles. The molecule has 0 spiro atoms. The largest absolute Gasteiger partial charge is 0.496 e. The second-order valence-corrected chi connectivity index (χ2v) is 14.4. The van der Waals surface area contributed by atoms with Gasteiger partial charge in [0, 0.05) is 25.6 Å². The molecule has 2 aliphatic rings. The van der Waals surface area contributed by atoms with Crippen LogP contribution in [0.1, 0.15) is 100 Å². The third-order valence-corrected chi connectivity index (χ3v) is 9.30. The number of benzene rings is 2. The SMILES string of the molecule is COc1cc(C(F)(F)F)c(CNC(=O)C(C)(C)OC(C)=O)cc1C1=C(CN2C(=O)O[C@H](c3cc(C(F)(F)F)cc(C(F)(F)F)c3)[C@@H]2C)CC(C)(C)CC1. The second-order valence-electron chi connectivity index (χ2n) is 14.4. The number of methoxy groups -OCH3 is 1. The van der Waals surface area contributed by atoms with Crippen LogP contribution in [-0.4, -0.2) is 48.2 Å². The number of allylic oxidation sites excluding steroid dienone is 1. The van der Waals surface area contributed by atoms with Crippen molar-refractivity contribution < 1.29 is 68.1 Å². The van der Waals surface area contributed by atoms with E-state index < -0.39 is 83.0 Å². The van der Waals surface area contributed by atoms with E-state index in [2.05, 4.69) is 5.32 Å². The summed E-state index contributed by atoms with van der Waals surface area (Å²) in [4.78, 5) is 38.7. The Bertz CT molecular complexity index is 1760. The lowest BCUT2D eigenvalue weighted by atomic mass is 9.72. The molecule has 2 aromatic carbocycles. The zero-order chi connectivity index (χ0) is 40.1. The third-order valence-electron chi connectivity index (χ3n) is 9.30. The monoisotopic (exact) mass is 766 g/mol. The molecule has 17 heteroatoms. The van der Waals surface area contributed by atoms with E-state index in [0.29, 0.717) is 42.5 Å². The summed E-state index contributed by atoms with van der Waals surface area (Å²) in [6.45, 7) is 8.03. The van der Waals surface area contributed by atoms with Gasteiger partial charge in [0.05, 0.1) is 29.8 Å². The molecule has 0 aromatic heterocycles. The number of amides is 2. The van der Waals surface area contributed by atoms with Crippen LogP contribution in [0.25, 0.3) is 5.57 Å². The molecule has 1 saturated heterocycles. The highest BCUT2D eigenvalue weighted by Gasteiger charge is 2.45. The number of carbonyl (C=O) groups excluding carboxylic acids is 3. The van der Waals surface area contributed by atoms with Crippen LogP contribution >= 0.6 is 0 Å². The maximum atomic E-state index is 14.3. The van der Waals surface area contributed by atoms with Gasteiger partial charge in [0.2, 0.25) is 0 Å². The lowest BCUT2D eigenvalue weighted by Gasteiger charge is -2.36. The molecule has 0 saturated carbocycles. The van der Waals surface area contributed by atoms with Crippen LogP contribution in [0.15, 0.2) is 35.9 Å². The number of nitrogens with zero attached hydrogens (tertiary/aromatic N) is 1. The van der Waals surface area contributed by atoms with E-state index in [9.17, 15) is 53.9 Å². The fourth-order valence-corrected chi connectivity index (χ4v) is 6.63. The summed E-state index contributed by atoms with van der Waals surface area (Å²) < 4.78 is 140. The van der Waals surface area contributed by atoms with Gasteiger partial charge in [-0.1, -0.05) is 13.8 Å². The molecule has 4 rings (SSSR count). The molecule has 1 aliphatic carbocycles. The summed E-state index contributed by atoms with van der Waals surface area (Å²) in [6.07, 6.45) is -16.5. The van der Waals surface area contributed by atoms with Crippen molar-refractivity contribution in [2.75, 3.05) is 13.7 Å². The molecule has 0 radical (unpaired) electrons. The number of nitrogens with one attached hydrogen (secondary N) is 1. The lowest BCUT2D eigenvalue weighted by Crippen LogP contribution is -2.45. The van der Waals surface area contributed by atoms with Crippen LogP contribution in [0.3, 0.4) is 0 Å². The molecule has 53 heavy (non-hydrogen) atoms. The summed E-state index contributed by atoms with van der Waals surface area (Å²) in [6, 6.07) is 1.91. The van der Waals surface area contributed by atoms with E-state index in [4.69, 9.17) is 14.2 Å². The smallest absolute Gasteiger partial charge is 0.416 e. The van der Waals surface area contributed by atoms with E-state index >= 15 is 0 Å². The van der Waals surface area contributed by atoms with Crippen molar-refractivity contribution in [2.45, 2.75) is 104 Å². The average Bonchev–Trinajstić information content (AvgIpc) is 3.29. The lowest BCUT2D eigenvalue weighted by molar-refractivity contribution is -0.163. The molecule has 0 bridgehead atoms. The Morgan fingerprint density at radius 1 is 0.943 bits per heavy atom. The number of halogens is 9. The molecule has 1 N–H and O–H groups in total. The van der Waals surface area contributed by atoms with Crippen LogP contribution in [0.5, 0.6) is 5.75 Å². The van der Waals surface area contributed by atoms with Gasteiger partial charge < -0.3 is 19.5 Å². The van der Waals surface area contributed by atoms with Gasteiger partial charge in [-0.2, -0.15) is 39.5 Å². The third kappa shape index (κ3) is 9.39.